The van der Waals surface area contributed by atoms with Crippen LogP contribution in [0.25, 0.3) is 0 Å². The van der Waals surface area contributed by atoms with Gasteiger partial charge >= 0.3 is 6.18 Å². The van der Waals surface area contributed by atoms with E-state index in [2.05, 4.69) is 5.32 Å². The Hall–Kier alpha value is -4.06. The number of hydrogen-bond donors (Lipinski definition) is 1. The molecule has 0 atom stereocenters. The maximum absolute atomic E-state index is 13.9. The molecule has 0 aromatic heterocycles. The van der Waals surface area contributed by atoms with E-state index in [9.17, 15) is 34.8 Å². The molecule has 12 nitrogen and oxygen atoms in total. The van der Waals surface area contributed by atoms with Crippen molar-refractivity contribution in [2.24, 2.45) is 0 Å². The van der Waals surface area contributed by atoms with E-state index in [4.69, 9.17) is 18.9 Å². The number of methoxy groups -OCH3 is 3. The Balaban J connectivity index is 1.73. The van der Waals surface area contributed by atoms with Gasteiger partial charge in [0.25, 0.3) is 10.0 Å². The molecule has 3 aromatic carbocycles. The van der Waals surface area contributed by atoms with E-state index < -0.39 is 54.8 Å². The zero-order valence-electron chi connectivity index (χ0n) is 24.3. The first kappa shape index (κ1) is 33.8. The first-order valence-corrected chi connectivity index (χ1v) is 16.1. The van der Waals surface area contributed by atoms with Crippen LogP contribution in [-0.2, 0) is 35.8 Å². The molecule has 1 saturated heterocycles. The van der Waals surface area contributed by atoms with Crippen LogP contribution in [0.5, 0.6) is 17.2 Å². The Morgan fingerprint density at radius 2 is 1.49 bits per heavy atom. The molecule has 0 saturated carbocycles. The average Bonchev–Trinajstić information content (AvgIpc) is 3.03. The minimum absolute atomic E-state index is 0.0232. The average molecular weight is 674 g/mol. The second kappa shape index (κ2) is 13.5. The molecule has 1 fully saturated rings. The topological polar surface area (TPSA) is 141 Å². The van der Waals surface area contributed by atoms with Gasteiger partial charge in [-0.3, -0.25) is 9.10 Å². The largest absolute Gasteiger partial charge is 0.495 e. The molecule has 0 bridgehead atoms. The third-order valence-corrected chi connectivity index (χ3v) is 10.4. The highest BCUT2D eigenvalue weighted by Crippen LogP contribution is 2.36. The van der Waals surface area contributed by atoms with Gasteiger partial charge < -0.3 is 24.3 Å². The van der Waals surface area contributed by atoms with Crippen molar-refractivity contribution >= 4 is 37.3 Å². The van der Waals surface area contributed by atoms with Gasteiger partial charge in [0, 0.05) is 19.2 Å². The van der Waals surface area contributed by atoms with E-state index in [0.29, 0.717) is 10.4 Å². The van der Waals surface area contributed by atoms with Crippen molar-refractivity contribution in [3.63, 3.8) is 0 Å². The Kier molecular flexibility index (Phi) is 10.2. The van der Waals surface area contributed by atoms with E-state index in [1.807, 2.05) is 0 Å². The molecule has 0 aliphatic carbocycles. The van der Waals surface area contributed by atoms with Gasteiger partial charge in [0.15, 0.2) is 11.5 Å². The molecule has 244 valence electrons. The molecular formula is C28H30F3N3O9S2. The van der Waals surface area contributed by atoms with Crippen LogP contribution in [0.15, 0.2) is 70.5 Å². The molecule has 3 aromatic rings. The van der Waals surface area contributed by atoms with Gasteiger partial charge in [-0.05, 0) is 48.5 Å². The van der Waals surface area contributed by atoms with E-state index in [-0.39, 0.29) is 54.1 Å². The van der Waals surface area contributed by atoms with Gasteiger partial charge in [-0.15, -0.1) is 0 Å². The van der Waals surface area contributed by atoms with Gasteiger partial charge in [0.2, 0.25) is 15.9 Å². The van der Waals surface area contributed by atoms with E-state index >= 15 is 0 Å². The van der Waals surface area contributed by atoms with Crippen molar-refractivity contribution in [3.05, 3.63) is 66.2 Å². The highest BCUT2D eigenvalue weighted by molar-refractivity contribution is 7.92. The van der Waals surface area contributed by atoms with Crippen molar-refractivity contribution in [2.75, 3.05) is 63.8 Å². The molecule has 1 N–H and O–H groups in total. The van der Waals surface area contributed by atoms with Gasteiger partial charge in [-0.25, -0.2) is 16.8 Å². The second-order valence-electron chi connectivity index (χ2n) is 9.50. The predicted octanol–water partition coefficient (Wildman–Crippen LogP) is 3.59. The van der Waals surface area contributed by atoms with E-state index in [1.54, 1.807) is 0 Å². The highest BCUT2D eigenvalue weighted by Gasteiger charge is 2.34. The number of morpholine rings is 1. The van der Waals surface area contributed by atoms with Crippen LogP contribution < -0.4 is 23.8 Å². The Morgan fingerprint density at radius 1 is 0.867 bits per heavy atom. The van der Waals surface area contributed by atoms with Crippen LogP contribution >= 0.6 is 0 Å². The minimum atomic E-state index is -4.81. The fourth-order valence-corrected chi connectivity index (χ4v) is 7.32. The molecule has 0 unspecified atom stereocenters. The normalized spacial score (nSPS) is 14.4. The molecule has 0 spiro atoms. The minimum Gasteiger partial charge on any atom is -0.495 e. The van der Waals surface area contributed by atoms with Gasteiger partial charge in [0.1, 0.15) is 12.3 Å². The quantitative estimate of drug-likeness (QED) is 0.324. The first-order valence-electron chi connectivity index (χ1n) is 13.2. The van der Waals surface area contributed by atoms with Crippen LogP contribution in [0.2, 0.25) is 0 Å². The van der Waals surface area contributed by atoms with E-state index in [1.165, 1.54) is 43.8 Å². The molecule has 0 radical (unpaired) electrons. The number of halogens is 3. The summed E-state index contributed by atoms with van der Waals surface area (Å²) in [6, 6.07) is 10.8. The van der Waals surface area contributed by atoms with Crippen molar-refractivity contribution in [3.8, 4) is 17.2 Å². The smallest absolute Gasteiger partial charge is 0.416 e. The number of nitrogens with zero attached hydrogens (tertiary/aromatic N) is 2. The van der Waals surface area contributed by atoms with Crippen LogP contribution in [0, 0.1) is 0 Å². The number of amides is 1. The molecule has 17 heteroatoms. The SMILES string of the molecule is COc1ccc(S(=O)(=O)N2CCOCC2)cc1NC(=O)CN(c1cccc(C(F)(F)F)c1)S(=O)(=O)c1ccc(OC)c(OC)c1. The highest BCUT2D eigenvalue weighted by atomic mass is 32.2. The molecule has 4 rings (SSSR count). The Morgan fingerprint density at radius 3 is 2.11 bits per heavy atom. The number of anilines is 2. The molecule has 1 amide bonds. The predicted molar refractivity (Wildman–Crippen MR) is 157 cm³/mol. The third kappa shape index (κ3) is 7.43. The summed E-state index contributed by atoms with van der Waals surface area (Å²) in [4.78, 5) is 12.8. The van der Waals surface area contributed by atoms with Crippen LogP contribution in [0.3, 0.4) is 0 Å². The third-order valence-electron chi connectivity index (χ3n) is 6.74. The van der Waals surface area contributed by atoms with Gasteiger partial charge in [0.05, 0.1) is 61.3 Å². The maximum Gasteiger partial charge on any atom is 0.416 e. The lowest BCUT2D eigenvalue weighted by atomic mass is 10.2. The number of hydrogen-bond acceptors (Lipinski definition) is 9. The van der Waals surface area contributed by atoms with Crippen LogP contribution in [0.4, 0.5) is 24.5 Å². The summed E-state index contributed by atoms with van der Waals surface area (Å²) in [5.41, 5.74) is -1.70. The Labute approximate surface area is 258 Å². The van der Waals surface area contributed by atoms with Crippen molar-refractivity contribution in [1.82, 2.24) is 4.31 Å². The number of benzene rings is 3. The number of rotatable bonds is 11. The summed E-state index contributed by atoms with van der Waals surface area (Å²) in [7, 11) is -4.81. The standard InChI is InChI=1S/C28H30F3N3O9S2/c1-40-24-9-7-21(44(36,37)33-11-13-43-14-12-33)16-23(24)32-27(35)18-34(20-6-4-5-19(15-20)28(29,30)31)45(38,39)22-8-10-25(41-2)26(17-22)42-3/h4-10,15-17H,11-14,18H2,1-3H3,(H,32,35). The number of sulfonamides is 2. The monoisotopic (exact) mass is 673 g/mol. The van der Waals surface area contributed by atoms with E-state index in [0.717, 1.165) is 36.4 Å². The first-order chi connectivity index (χ1) is 21.2. The lowest BCUT2D eigenvalue weighted by Crippen LogP contribution is -2.40. The number of carbonyl (C=O) groups excluding carboxylic acids is 1. The number of alkyl halides is 3. The fraction of sp³-hybridized carbons (Fsp3) is 0.321. The molecule has 1 aliphatic rings. The summed E-state index contributed by atoms with van der Waals surface area (Å²) in [6.45, 7) is -0.342. The lowest BCUT2D eigenvalue weighted by Gasteiger charge is -2.27. The molecular weight excluding hydrogens is 643 g/mol. The summed E-state index contributed by atoms with van der Waals surface area (Å²) >= 11 is 0. The van der Waals surface area contributed by atoms with Crippen molar-refractivity contribution < 1.29 is 53.7 Å². The summed E-state index contributed by atoms with van der Waals surface area (Å²) < 4.78 is 117. The van der Waals surface area contributed by atoms with Gasteiger partial charge in [-0.1, -0.05) is 6.07 Å². The maximum atomic E-state index is 13.9. The fourth-order valence-electron chi connectivity index (χ4n) is 4.46. The van der Waals surface area contributed by atoms with Crippen molar-refractivity contribution in [2.45, 2.75) is 16.0 Å². The molecule has 1 heterocycles. The lowest BCUT2D eigenvalue weighted by molar-refractivity contribution is -0.137. The zero-order chi connectivity index (χ0) is 33.0. The zero-order valence-corrected chi connectivity index (χ0v) is 26.0. The number of nitrogens with one attached hydrogen (secondary N) is 1. The summed E-state index contributed by atoms with van der Waals surface area (Å²) in [6.07, 6.45) is -4.81. The van der Waals surface area contributed by atoms with Crippen molar-refractivity contribution in [1.29, 1.82) is 0 Å². The second-order valence-corrected chi connectivity index (χ2v) is 13.3. The summed E-state index contributed by atoms with van der Waals surface area (Å²) in [5.74, 6) is -0.734. The van der Waals surface area contributed by atoms with Crippen LogP contribution in [-0.4, -0.2) is 81.2 Å². The van der Waals surface area contributed by atoms with Gasteiger partial charge in [-0.2, -0.15) is 17.5 Å². The summed E-state index contributed by atoms with van der Waals surface area (Å²) in [5, 5.41) is 2.44. The Bertz CT molecular complexity index is 1760. The number of ether oxygens (including phenoxy) is 4. The molecule has 45 heavy (non-hydrogen) atoms. The molecule has 1 aliphatic heterocycles. The number of carbonyl (C=O) groups is 1. The van der Waals surface area contributed by atoms with Crippen LogP contribution in [0.1, 0.15) is 5.56 Å².